The molecule has 1 aliphatic rings. The van der Waals surface area contributed by atoms with Crippen molar-refractivity contribution in [2.45, 2.75) is 51.7 Å². The highest BCUT2D eigenvalue weighted by Gasteiger charge is 2.31. The van der Waals surface area contributed by atoms with Crippen molar-refractivity contribution in [2.24, 2.45) is 0 Å². The van der Waals surface area contributed by atoms with Gasteiger partial charge in [0.15, 0.2) is 6.19 Å². The van der Waals surface area contributed by atoms with Gasteiger partial charge in [-0.3, -0.25) is 4.90 Å². The van der Waals surface area contributed by atoms with E-state index < -0.39 is 5.60 Å². The van der Waals surface area contributed by atoms with Crippen LogP contribution in [0.3, 0.4) is 0 Å². The van der Waals surface area contributed by atoms with E-state index in [1.165, 1.54) is 4.90 Å². The minimum Gasteiger partial charge on any atom is -0.444 e. The van der Waals surface area contributed by atoms with Crippen molar-refractivity contribution < 1.29 is 9.53 Å². The first kappa shape index (κ1) is 17.1. The Hall–Kier alpha value is -2.29. The van der Waals surface area contributed by atoms with Gasteiger partial charge in [0.1, 0.15) is 11.4 Å². The van der Waals surface area contributed by atoms with E-state index in [1.807, 2.05) is 32.9 Å². The SMILES string of the molecule is CC(C)(C)OC(=O)N1CCCC[C@H]1CN(C#N)c1ccccn1. The van der Waals surface area contributed by atoms with E-state index in [0.29, 0.717) is 18.9 Å². The minimum atomic E-state index is -0.519. The molecule has 124 valence electrons. The van der Waals surface area contributed by atoms with Crippen LogP contribution in [0.5, 0.6) is 0 Å². The summed E-state index contributed by atoms with van der Waals surface area (Å²) in [5.74, 6) is 0.602. The topological polar surface area (TPSA) is 69.5 Å². The molecule has 1 amide bonds. The van der Waals surface area contributed by atoms with Gasteiger partial charge in [0.05, 0.1) is 12.6 Å². The van der Waals surface area contributed by atoms with Gasteiger partial charge in [-0.15, -0.1) is 0 Å². The van der Waals surface area contributed by atoms with E-state index in [4.69, 9.17) is 4.74 Å². The number of aromatic nitrogens is 1. The zero-order chi connectivity index (χ0) is 16.9. The number of nitriles is 1. The molecule has 0 aliphatic carbocycles. The lowest BCUT2D eigenvalue weighted by molar-refractivity contribution is 0.0109. The van der Waals surface area contributed by atoms with Crippen molar-refractivity contribution in [3.63, 3.8) is 0 Å². The summed E-state index contributed by atoms with van der Waals surface area (Å²) in [6.45, 7) is 6.69. The molecule has 0 unspecified atom stereocenters. The summed E-state index contributed by atoms with van der Waals surface area (Å²) in [6.07, 6.45) is 6.40. The van der Waals surface area contributed by atoms with Crippen molar-refractivity contribution in [3.05, 3.63) is 24.4 Å². The molecule has 2 rings (SSSR count). The molecule has 1 aromatic rings. The molecule has 1 aromatic heterocycles. The van der Waals surface area contributed by atoms with Crippen LogP contribution in [0, 0.1) is 11.5 Å². The number of carbonyl (C=O) groups excluding carboxylic acids is 1. The van der Waals surface area contributed by atoms with Gasteiger partial charge in [-0.05, 0) is 52.2 Å². The van der Waals surface area contributed by atoms with Crippen LogP contribution in [0.4, 0.5) is 10.6 Å². The highest BCUT2D eigenvalue weighted by molar-refractivity contribution is 5.69. The summed E-state index contributed by atoms with van der Waals surface area (Å²) in [4.78, 5) is 19.9. The number of piperidine rings is 1. The highest BCUT2D eigenvalue weighted by Crippen LogP contribution is 2.22. The maximum Gasteiger partial charge on any atom is 0.410 e. The molecule has 0 N–H and O–H groups in total. The molecule has 1 fully saturated rings. The molecule has 1 atom stereocenters. The van der Waals surface area contributed by atoms with E-state index in [1.54, 1.807) is 17.2 Å². The number of hydrogen-bond acceptors (Lipinski definition) is 5. The van der Waals surface area contributed by atoms with Gasteiger partial charge in [0.25, 0.3) is 0 Å². The molecule has 0 radical (unpaired) electrons. The van der Waals surface area contributed by atoms with E-state index in [9.17, 15) is 10.1 Å². The fraction of sp³-hybridized carbons (Fsp3) is 0.588. The van der Waals surface area contributed by atoms with Gasteiger partial charge in [-0.2, -0.15) is 5.26 Å². The Morgan fingerprint density at radius 3 is 2.87 bits per heavy atom. The van der Waals surface area contributed by atoms with Crippen molar-refractivity contribution >= 4 is 11.9 Å². The van der Waals surface area contributed by atoms with Gasteiger partial charge in [0.2, 0.25) is 0 Å². The second-order valence-corrected chi connectivity index (χ2v) is 6.72. The maximum atomic E-state index is 12.4. The zero-order valence-corrected chi connectivity index (χ0v) is 14.0. The molecule has 2 heterocycles. The molecule has 1 aliphatic heterocycles. The van der Waals surface area contributed by atoms with Crippen molar-refractivity contribution in [1.29, 1.82) is 5.26 Å². The Morgan fingerprint density at radius 1 is 1.48 bits per heavy atom. The number of anilines is 1. The number of pyridine rings is 1. The molecular formula is C17H24N4O2. The van der Waals surface area contributed by atoms with Gasteiger partial charge in [-0.1, -0.05) is 6.07 Å². The first-order valence-corrected chi connectivity index (χ1v) is 7.98. The molecular weight excluding hydrogens is 292 g/mol. The Kier molecular flexibility index (Phi) is 5.43. The monoisotopic (exact) mass is 316 g/mol. The molecule has 6 heteroatoms. The predicted molar refractivity (Wildman–Crippen MR) is 87.8 cm³/mol. The quantitative estimate of drug-likeness (QED) is 0.633. The third-order valence-electron chi connectivity index (χ3n) is 3.70. The van der Waals surface area contributed by atoms with E-state index >= 15 is 0 Å². The van der Waals surface area contributed by atoms with Crippen molar-refractivity contribution in [2.75, 3.05) is 18.0 Å². The summed E-state index contributed by atoms with van der Waals surface area (Å²) in [5, 5.41) is 9.42. The summed E-state index contributed by atoms with van der Waals surface area (Å²) < 4.78 is 5.50. The van der Waals surface area contributed by atoms with Crippen LogP contribution < -0.4 is 4.90 Å². The Labute approximate surface area is 137 Å². The average Bonchev–Trinajstić information content (AvgIpc) is 2.52. The third-order valence-corrected chi connectivity index (χ3v) is 3.70. The Morgan fingerprint density at radius 2 is 2.26 bits per heavy atom. The molecule has 6 nitrogen and oxygen atoms in total. The van der Waals surface area contributed by atoms with Crippen LogP contribution >= 0.6 is 0 Å². The van der Waals surface area contributed by atoms with Crippen LogP contribution in [0.1, 0.15) is 40.0 Å². The standard InChI is InChI=1S/C17H24N4O2/c1-17(2,3)23-16(22)21-11-7-5-8-14(21)12-20(13-18)15-9-4-6-10-19-15/h4,6,9-10,14H,5,7-8,11-12H2,1-3H3/t14-/m0/s1. The second-order valence-electron chi connectivity index (χ2n) is 6.72. The molecule has 0 spiro atoms. The van der Waals surface area contributed by atoms with Gasteiger partial charge >= 0.3 is 6.09 Å². The Balaban J connectivity index is 2.09. The Bertz CT molecular complexity index is 562. The fourth-order valence-electron chi connectivity index (χ4n) is 2.66. The summed E-state index contributed by atoms with van der Waals surface area (Å²) >= 11 is 0. The fourth-order valence-corrected chi connectivity index (χ4v) is 2.66. The third kappa shape index (κ3) is 4.85. The van der Waals surface area contributed by atoms with Crippen LogP contribution in [0.15, 0.2) is 24.4 Å². The van der Waals surface area contributed by atoms with E-state index in [0.717, 1.165) is 19.3 Å². The average molecular weight is 316 g/mol. The summed E-state index contributed by atoms with van der Waals surface area (Å²) in [6, 6.07) is 5.41. The largest absolute Gasteiger partial charge is 0.444 e. The minimum absolute atomic E-state index is 0.0414. The lowest BCUT2D eigenvalue weighted by Gasteiger charge is -2.37. The van der Waals surface area contributed by atoms with Gasteiger partial charge in [0, 0.05) is 12.7 Å². The number of carbonyl (C=O) groups is 1. The summed E-state index contributed by atoms with van der Waals surface area (Å²) in [5.41, 5.74) is -0.519. The zero-order valence-electron chi connectivity index (χ0n) is 14.0. The van der Waals surface area contributed by atoms with Gasteiger partial charge < -0.3 is 9.64 Å². The normalized spacial score (nSPS) is 18.2. The first-order chi connectivity index (χ1) is 10.9. The molecule has 0 saturated carbocycles. The van der Waals surface area contributed by atoms with E-state index in [-0.39, 0.29) is 12.1 Å². The molecule has 0 bridgehead atoms. The number of rotatable bonds is 3. The van der Waals surface area contributed by atoms with Crippen LogP contribution in [0.2, 0.25) is 0 Å². The summed E-state index contributed by atoms with van der Waals surface area (Å²) in [7, 11) is 0. The number of ether oxygens (including phenoxy) is 1. The number of nitrogens with zero attached hydrogens (tertiary/aromatic N) is 4. The number of hydrogen-bond donors (Lipinski definition) is 0. The van der Waals surface area contributed by atoms with Crippen LogP contribution in [0.25, 0.3) is 0 Å². The lowest BCUT2D eigenvalue weighted by Crippen LogP contribution is -2.50. The lowest BCUT2D eigenvalue weighted by atomic mass is 10.0. The second kappa shape index (κ2) is 7.32. The molecule has 23 heavy (non-hydrogen) atoms. The first-order valence-electron chi connectivity index (χ1n) is 7.98. The van der Waals surface area contributed by atoms with E-state index in [2.05, 4.69) is 11.2 Å². The molecule has 0 aromatic carbocycles. The smallest absolute Gasteiger partial charge is 0.410 e. The van der Waals surface area contributed by atoms with Crippen molar-refractivity contribution in [3.8, 4) is 6.19 Å². The number of likely N-dealkylation sites (tertiary alicyclic amines) is 1. The van der Waals surface area contributed by atoms with Gasteiger partial charge in [-0.25, -0.2) is 9.78 Å². The molecule has 1 saturated heterocycles. The predicted octanol–water partition coefficient (Wildman–Crippen LogP) is 3.16. The maximum absolute atomic E-state index is 12.4. The van der Waals surface area contributed by atoms with Crippen LogP contribution in [-0.2, 0) is 4.74 Å². The van der Waals surface area contributed by atoms with Crippen LogP contribution in [-0.4, -0.2) is 40.7 Å². The van der Waals surface area contributed by atoms with Crippen molar-refractivity contribution in [1.82, 2.24) is 9.88 Å². The number of amides is 1. The highest BCUT2D eigenvalue weighted by atomic mass is 16.6.